The van der Waals surface area contributed by atoms with E-state index < -0.39 is 0 Å². The summed E-state index contributed by atoms with van der Waals surface area (Å²) in [5.74, 6) is 0.291. The van der Waals surface area contributed by atoms with Crippen LogP contribution in [0.25, 0.3) is 10.8 Å². The highest BCUT2D eigenvalue weighted by molar-refractivity contribution is 5.83. The molecular weight excluding hydrogens is 266 g/mol. The third kappa shape index (κ3) is 3.20. The molecule has 3 aromatic carbocycles. The Hall–Kier alpha value is -2.12. The van der Waals surface area contributed by atoms with Crippen molar-refractivity contribution in [1.29, 1.82) is 0 Å². The normalized spacial score (nSPS) is 13.2. The number of nitrogens with two attached hydrogens (primary N) is 1. The summed E-state index contributed by atoms with van der Waals surface area (Å²) in [6, 6.07) is 25.8. The summed E-state index contributed by atoms with van der Waals surface area (Å²) in [5.41, 5.74) is 8.89. The van der Waals surface area contributed by atoms with Crippen LogP contribution in [0.2, 0.25) is 0 Å². The predicted molar refractivity (Wildman–Crippen MR) is 95.1 cm³/mol. The van der Waals surface area contributed by atoms with Gasteiger partial charge in [0, 0.05) is 11.5 Å². The molecule has 1 unspecified atom stereocenters. The van der Waals surface area contributed by atoms with Crippen molar-refractivity contribution in [2.45, 2.75) is 31.7 Å². The fraction of sp³-hybridized carbons (Fsp3) is 0.238. The zero-order valence-electron chi connectivity index (χ0n) is 13.3. The lowest BCUT2D eigenvalue weighted by molar-refractivity contribution is 0.408. The van der Waals surface area contributed by atoms with Gasteiger partial charge < -0.3 is 5.73 Å². The lowest BCUT2D eigenvalue weighted by Crippen LogP contribution is -2.40. The van der Waals surface area contributed by atoms with E-state index in [0.717, 1.165) is 6.42 Å². The first-order chi connectivity index (χ1) is 10.5. The van der Waals surface area contributed by atoms with E-state index in [1.807, 2.05) is 0 Å². The Balaban J connectivity index is 2.00. The van der Waals surface area contributed by atoms with Crippen LogP contribution in [0.15, 0.2) is 72.8 Å². The van der Waals surface area contributed by atoms with E-state index in [1.54, 1.807) is 0 Å². The third-order valence-electron chi connectivity index (χ3n) is 4.36. The van der Waals surface area contributed by atoms with Gasteiger partial charge >= 0.3 is 0 Å². The second kappa shape index (κ2) is 5.94. The van der Waals surface area contributed by atoms with E-state index in [2.05, 4.69) is 86.6 Å². The van der Waals surface area contributed by atoms with Gasteiger partial charge in [0.1, 0.15) is 0 Å². The van der Waals surface area contributed by atoms with Crippen molar-refractivity contribution < 1.29 is 0 Å². The molecule has 3 aromatic rings. The van der Waals surface area contributed by atoms with Crippen molar-refractivity contribution in [1.82, 2.24) is 0 Å². The molecule has 0 heterocycles. The molecule has 0 radical (unpaired) electrons. The van der Waals surface area contributed by atoms with Crippen LogP contribution in [0.1, 0.15) is 30.9 Å². The van der Waals surface area contributed by atoms with Gasteiger partial charge in [-0.3, -0.25) is 0 Å². The summed E-state index contributed by atoms with van der Waals surface area (Å²) >= 11 is 0. The minimum atomic E-state index is -0.266. The second-order valence-electron chi connectivity index (χ2n) is 6.67. The summed E-state index contributed by atoms with van der Waals surface area (Å²) in [4.78, 5) is 0. The SMILES string of the molecule is CC(C)(N)C(Cc1ccccc1)c1ccc2ccccc2c1. The quantitative estimate of drug-likeness (QED) is 0.726. The molecule has 112 valence electrons. The Morgan fingerprint density at radius 3 is 2.14 bits per heavy atom. The van der Waals surface area contributed by atoms with Gasteiger partial charge in [-0.05, 0) is 42.2 Å². The maximum Gasteiger partial charge on any atom is 0.0169 e. The first kappa shape index (κ1) is 14.8. The molecule has 1 atom stereocenters. The van der Waals surface area contributed by atoms with Crippen LogP contribution >= 0.6 is 0 Å². The van der Waals surface area contributed by atoms with E-state index in [-0.39, 0.29) is 5.54 Å². The van der Waals surface area contributed by atoms with Crippen molar-refractivity contribution in [3.05, 3.63) is 83.9 Å². The van der Waals surface area contributed by atoms with Gasteiger partial charge in [0.15, 0.2) is 0 Å². The molecule has 1 nitrogen and oxygen atoms in total. The highest BCUT2D eigenvalue weighted by Gasteiger charge is 2.27. The van der Waals surface area contributed by atoms with Crippen molar-refractivity contribution in [2.75, 3.05) is 0 Å². The van der Waals surface area contributed by atoms with Crippen molar-refractivity contribution in [3.8, 4) is 0 Å². The minimum Gasteiger partial charge on any atom is -0.325 e. The Labute approximate surface area is 132 Å². The second-order valence-corrected chi connectivity index (χ2v) is 6.67. The van der Waals surface area contributed by atoms with Crippen LogP contribution in [0.3, 0.4) is 0 Å². The van der Waals surface area contributed by atoms with Crippen LogP contribution in [-0.4, -0.2) is 5.54 Å². The summed E-state index contributed by atoms with van der Waals surface area (Å²) in [6.07, 6.45) is 0.961. The number of benzene rings is 3. The molecule has 0 spiro atoms. The van der Waals surface area contributed by atoms with Crippen LogP contribution in [0.5, 0.6) is 0 Å². The highest BCUT2D eigenvalue weighted by atomic mass is 14.7. The number of rotatable bonds is 4. The molecule has 2 N–H and O–H groups in total. The molecular formula is C21H23N. The molecule has 0 fully saturated rings. The summed E-state index contributed by atoms with van der Waals surface area (Å²) < 4.78 is 0. The summed E-state index contributed by atoms with van der Waals surface area (Å²) in [5, 5.41) is 2.56. The van der Waals surface area contributed by atoms with Gasteiger partial charge in [-0.2, -0.15) is 0 Å². The van der Waals surface area contributed by atoms with Gasteiger partial charge in [-0.25, -0.2) is 0 Å². The zero-order valence-corrected chi connectivity index (χ0v) is 13.3. The smallest absolute Gasteiger partial charge is 0.0169 e. The van der Waals surface area contributed by atoms with Gasteiger partial charge in [-0.1, -0.05) is 72.8 Å². The molecule has 0 aliphatic carbocycles. The molecule has 1 heteroatoms. The first-order valence-electron chi connectivity index (χ1n) is 7.85. The number of hydrogen-bond donors (Lipinski definition) is 1. The van der Waals surface area contributed by atoms with E-state index in [4.69, 9.17) is 5.73 Å². The molecule has 0 aromatic heterocycles. The van der Waals surface area contributed by atoms with Crippen LogP contribution in [0.4, 0.5) is 0 Å². The van der Waals surface area contributed by atoms with Gasteiger partial charge in [-0.15, -0.1) is 0 Å². The van der Waals surface area contributed by atoms with Crippen molar-refractivity contribution >= 4 is 10.8 Å². The zero-order chi connectivity index (χ0) is 15.6. The summed E-state index contributed by atoms with van der Waals surface area (Å²) in [6.45, 7) is 4.24. The lowest BCUT2D eigenvalue weighted by Gasteiger charge is -2.31. The Morgan fingerprint density at radius 2 is 1.45 bits per heavy atom. The van der Waals surface area contributed by atoms with E-state index in [9.17, 15) is 0 Å². The molecule has 22 heavy (non-hydrogen) atoms. The molecule has 0 saturated carbocycles. The fourth-order valence-corrected chi connectivity index (χ4v) is 3.08. The first-order valence-corrected chi connectivity index (χ1v) is 7.85. The van der Waals surface area contributed by atoms with Crippen LogP contribution < -0.4 is 5.73 Å². The molecule has 0 aliphatic heterocycles. The lowest BCUT2D eigenvalue weighted by atomic mass is 9.78. The van der Waals surface area contributed by atoms with Crippen molar-refractivity contribution in [3.63, 3.8) is 0 Å². The molecule has 0 saturated heterocycles. The predicted octanol–water partition coefficient (Wildman–Crippen LogP) is 4.90. The van der Waals surface area contributed by atoms with Gasteiger partial charge in [0.25, 0.3) is 0 Å². The van der Waals surface area contributed by atoms with E-state index in [1.165, 1.54) is 21.9 Å². The largest absolute Gasteiger partial charge is 0.325 e. The van der Waals surface area contributed by atoms with E-state index in [0.29, 0.717) is 5.92 Å². The third-order valence-corrected chi connectivity index (χ3v) is 4.36. The molecule has 0 bridgehead atoms. The Kier molecular flexibility index (Phi) is 4.00. The maximum atomic E-state index is 6.50. The summed E-state index contributed by atoms with van der Waals surface area (Å²) in [7, 11) is 0. The maximum absolute atomic E-state index is 6.50. The molecule has 0 amide bonds. The standard InChI is InChI=1S/C21H23N/c1-21(2,22)20(14-16-8-4-3-5-9-16)19-13-12-17-10-6-7-11-18(17)15-19/h3-13,15,20H,14,22H2,1-2H3. The van der Waals surface area contributed by atoms with Gasteiger partial charge in [0.05, 0.1) is 0 Å². The average Bonchev–Trinajstić information content (AvgIpc) is 2.52. The molecule has 0 aliphatic rings. The highest BCUT2D eigenvalue weighted by Crippen LogP contribution is 2.32. The Bertz CT molecular complexity index is 753. The monoisotopic (exact) mass is 289 g/mol. The number of hydrogen-bond acceptors (Lipinski definition) is 1. The minimum absolute atomic E-state index is 0.266. The van der Waals surface area contributed by atoms with Crippen LogP contribution in [0, 0.1) is 0 Å². The Morgan fingerprint density at radius 1 is 0.818 bits per heavy atom. The molecule has 3 rings (SSSR count). The number of fused-ring (bicyclic) bond motifs is 1. The topological polar surface area (TPSA) is 26.0 Å². The average molecular weight is 289 g/mol. The van der Waals surface area contributed by atoms with E-state index >= 15 is 0 Å². The van der Waals surface area contributed by atoms with Gasteiger partial charge in [0.2, 0.25) is 0 Å². The van der Waals surface area contributed by atoms with Crippen LogP contribution in [-0.2, 0) is 6.42 Å². The van der Waals surface area contributed by atoms with Crippen molar-refractivity contribution in [2.24, 2.45) is 5.73 Å². The fourth-order valence-electron chi connectivity index (χ4n) is 3.08.